The number of aromatic nitrogens is 2. The van der Waals surface area contributed by atoms with Gasteiger partial charge in [-0.25, -0.2) is 4.98 Å². The van der Waals surface area contributed by atoms with Crippen molar-refractivity contribution in [2.24, 2.45) is 0 Å². The molecule has 2 saturated heterocycles. The van der Waals surface area contributed by atoms with Gasteiger partial charge in [-0.05, 0) is 44.5 Å². The molecular formula is C18H27N5. The molecule has 23 heavy (non-hydrogen) atoms. The van der Waals surface area contributed by atoms with E-state index in [1.165, 1.54) is 31.6 Å². The fourth-order valence-electron chi connectivity index (χ4n) is 4.00. The Balaban J connectivity index is 1.56. The summed E-state index contributed by atoms with van der Waals surface area (Å²) in [4.78, 5) is 13.5. The summed E-state index contributed by atoms with van der Waals surface area (Å²) in [6.07, 6.45) is 3.86. The molecule has 4 rings (SSSR count). The maximum atomic E-state index is 4.87. The van der Waals surface area contributed by atoms with Gasteiger partial charge in [-0.15, -0.1) is 0 Å². The Morgan fingerprint density at radius 3 is 3.17 bits per heavy atom. The van der Waals surface area contributed by atoms with Crippen LogP contribution in [0.15, 0.2) is 18.2 Å². The monoisotopic (exact) mass is 313 g/mol. The van der Waals surface area contributed by atoms with E-state index in [0.717, 1.165) is 55.5 Å². The van der Waals surface area contributed by atoms with Crippen LogP contribution in [0.5, 0.6) is 0 Å². The van der Waals surface area contributed by atoms with Gasteiger partial charge in [0, 0.05) is 25.7 Å². The number of H-pyrrole nitrogens is 1. The van der Waals surface area contributed by atoms with E-state index in [4.69, 9.17) is 4.98 Å². The van der Waals surface area contributed by atoms with Crippen LogP contribution in [0.2, 0.25) is 0 Å². The topological polar surface area (TPSA) is 47.2 Å². The number of para-hydroxylation sites is 1. The molecule has 5 heteroatoms. The quantitative estimate of drug-likeness (QED) is 0.832. The van der Waals surface area contributed by atoms with Gasteiger partial charge in [0.25, 0.3) is 0 Å². The first kappa shape index (κ1) is 15.0. The summed E-state index contributed by atoms with van der Waals surface area (Å²) in [7, 11) is 0. The predicted octanol–water partition coefficient (Wildman–Crippen LogP) is 2.35. The Hall–Kier alpha value is -1.59. The standard InChI is InChI=1S/C18H27N5/c1-2-8-19-12-17-20-15-6-3-7-16(18(15)21-17)23-11-10-22-9-4-5-14(22)13-23/h3,6-7,14,19H,2,4-5,8-13H2,1H3,(H,20,21). The fraction of sp³-hybridized carbons (Fsp3) is 0.611. The van der Waals surface area contributed by atoms with Gasteiger partial charge in [0.2, 0.25) is 0 Å². The summed E-state index contributed by atoms with van der Waals surface area (Å²) in [6.45, 7) is 8.79. The molecule has 124 valence electrons. The van der Waals surface area contributed by atoms with Crippen molar-refractivity contribution in [3.63, 3.8) is 0 Å². The molecule has 2 aliphatic rings. The lowest BCUT2D eigenvalue weighted by Crippen LogP contribution is -2.50. The molecule has 2 aliphatic heterocycles. The molecule has 2 fully saturated rings. The summed E-state index contributed by atoms with van der Waals surface area (Å²) in [5.74, 6) is 1.04. The molecule has 1 aromatic heterocycles. The largest absolute Gasteiger partial charge is 0.367 e. The molecule has 0 bridgehead atoms. The maximum Gasteiger partial charge on any atom is 0.121 e. The summed E-state index contributed by atoms with van der Waals surface area (Å²) in [6, 6.07) is 7.27. The van der Waals surface area contributed by atoms with E-state index in [9.17, 15) is 0 Å². The molecule has 1 unspecified atom stereocenters. The molecular weight excluding hydrogens is 286 g/mol. The predicted molar refractivity (Wildman–Crippen MR) is 94.9 cm³/mol. The number of imidazole rings is 1. The Kier molecular flexibility index (Phi) is 4.23. The number of hydrogen-bond donors (Lipinski definition) is 2. The van der Waals surface area contributed by atoms with Crippen molar-refractivity contribution >= 4 is 16.7 Å². The minimum absolute atomic E-state index is 0.739. The maximum absolute atomic E-state index is 4.87. The smallest absolute Gasteiger partial charge is 0.121 e. The van der Waals surface area contributed by atoms with Crippen molar-refractivity contribution in [2.45, 2.75) is 38.8 Å². The van der Waals surface area contributed by atoms with Gasteiger partial charge in [-0.2, -0.15) is 0 Å². The number of piperazine rings is 1. The third-order valence-corrected chi connectivity index (χ3v) is 5.19. The molecule has 1 atom stereocenters. The molecule has 2 N–H and O–H groups in total. The number of rotatable bonds is 5. The summed E-state index contributed by atoms with van der Waals surface area (Å²) in [5.41, 5.74) is 3.59. The van der Waals surface area contributed by atoms with Gasteiger partial charge in [-0.1, -0.05) is 13.0 Å². The second-order valence-corrected chi connectivity index (χ2v) is 6.81. The highest BCUT2D eigenvalue weighted by atomic mass is 15.3. The minimum atomic E-state index is 0.739. The SMILES string of the molecule is CCCNCc1nc2c(N3CCN4CCCC4C3)cccc2[nH]1. The lowest BCUT2D eigenvalue weighted by Gasteiger charge is -2.38. The first-order chi connectivity index (χ1) is 11.3. The van der Waals surface area contributed by atoms with Crippen LogP contribution < -0.4 is 10.2 Å². The third kappa shape index (κ3) is 2.95. The Labute approximate surface area is 138 Å². The van der Waals surface area contributed by atoms with E-state index in [2.05, 4.69) is 45.2 Å². The van der Waals surface area contributed by atoms with E-state index in [1.807, 2.05) is 0 Å². The highest BCUT2D eigenvalue weighted by Gasteiger charge is 2.31. The van der Waals surface area contributed by atoms with E-state index in [0.29, 0.717) is 0 Å². The number of benzene rings is 1. The zero-order valence-electron chi connectivity index (χ0n) is 14.0. The number of nitrogens with zero attached hydrogens (tertiary/aromatic N) is 3. The summed E-state index contributed by atoms with van der Waals surface area (Å²) < 4.78 is 0. The zero-order valence-corrected chi connectivity index (χ0v) is 14.0. The number of anilines is 1. The Morgan fingerprint density at radius 2 is 2.26 bits per heavy atom. The number of fused-ring (bicyclic) bond motifs is 2. The van der Waals surface area contributed by atoms with Crippen LogP contribution in [0.1, 0.15) is 32.0 Å². The second-order valence-electron chi connectivity index (χ2n) is 6.81. The summed E-state index contributed by atoms with van der Waals surface area (Å²) in [5, 5.41) is 3.43. The first-order valence-corrected chi connectivity index (χ1v) is 9.02. The molecule has 0 radical (unpaired) electrons. The van der Waals surface area contributed by atoms with Gasteiger partial charge in [0.1, 0.15) is 11.3 Å². The van der Waals surface area contributed by atoms with Crippen molar-refractivity contribution < 1.29 is 0 Å². The van der Waals surface area contributed by atoms with Crippen LogP contribution in [0.4, 0.5) is 5.69 Å². The third-order valence-electron chi connectivity index (χ3n) is 5.19. The van der Waals surface area contributed by atoms with Gasteiger partial charge in [0.15, 0.2) is 0 Å². The lowest BCUT2D eigenvalue weighted by atomic mass is 10.1. The van der Waals surface area contributed by atoms with Crippen molar-refractivity contribution in [1.29, 1.82) is 0 Å². The molecule has 0 spiro atoms. The number of hydrogen-bond acceptors (Lipinski definition) is 4. The van der Waals surface area contributed by atoms with Crippen molar-refractivity contribution in [1.82, 2.24) is 20.2 Å². The van der Waals surface area contributed by atoms with Crippen molar-refractivity contribution in [3.8, 4) is 0 Å². The van der Waals surface area contributed by atoms with Gasteiger partial charge < -0.3 is 15.2 Å². The number of aromatic amines is 1. The van der Waals surface area contributed by atoms with Crippen molar-refractivity contribution in [3.05, 3.63) is 24.0 Å². The van der Waals surface area contributed by atoms with Crippen LogP contribution >= 0.6 is 0 Å². The van der Waals surface area contributed by atoms with Gasteiger partial charge >= 0.3 is 0 Å². The lowest BCUT2D eigenvalue weighted by molar-refractivity contribution is 0.231. The Morgan fingerprint density at radius 1 is 1.30 bits per heavy atom. The minimum Gasteiger partial charge on any atom is -0.367 e. The molecule has 0 aliphatic carbocycles. The van der Waals surface area contributed by atoms with Crippen LogP contribution in [-0.4, -0.2) is 53.6 Å². The highest BCUT2D eigenvalue weighted by Crippen LogP contribution is 2.29. The Bertz CT molecular complexity index is 664. The molecule has 0 saturated carbocycles. The van der Waals surface area contributed by atoms with Crippen molar-refractivity contribution in [2.75, 3.05) is 37.6 Å². The molecule has 3 heterocycles. The molecule has 1 aromatic carbocycles. The van der Waals surface area contributed by atoms with Gasteiger partial charge in [-0.3, -0.25) is 4.90 Å². The fourth-order valence-corrected chi connectivity index (χ4v) is 4.00. The molecule has 5 nitrogen and oxygen atoms in total. The van der Waals surface area contributed by atoms with E-state index in [-0.39, 0.29) is 0 Å². The average Bonchev–Trinajstić information content (AvgIpc) is 3.20. The van der Waals surface area contributed by atoms with Gasteiger partial charge in [0.05, 0.1) is 17.7 Å². The summed E-state index contributed by atoms with van der Waals surface area (Å²) >= 11 is 0. The highest BCUT2D eigenvalue weighted by molar-refractivity contribution is 5.89. The van der Waals surface area contributed by atoms with Crippen LogP contribution in [0.3, 0.4) is 0 Å². The van der Waals surface area contributed by atoms with Crippen LogP contribution in [0, 0.1) is 0 Å². The van der Waals surface area contributed by atoms with E-state index >= 15 is 0 Å². The normalized spacial score (nSPS) is 22.0. The molecule has 0 amide bonds. The number of nitrogens with one attached hydrogen (secondary N) is 2. The van der Waals surface area contributed by atoms with Crippen LogP contribution in [0.25, 0.3) is 11.0 Å². The second kappa shape index (κ2) is 6.49. The van der Waals surface area contributed by atoms with Crippen LogP contribution in [-0.2, 0) is 6.54 Å². The average molecular weight is 313 g/mol. The van der Waals surface area contributed by atoms with E-state index in [1.54, 1.807) is 0 Å². The first-order valence-electron chi connectivity index (χ1n) is 9.02. The van der Waals surface area contributed by atoms with E-state index < -0.39 is 0 Å². The zero-order chi connectivity index (χ0) is 15.6. The molecule has 2 aromatic rings.